The van der Waals surface area contributed by atoms with E-state index >= 15 is 0 Å². The number of hydrogen-bond acceptors (Lipinski definition) is 8. The molecule has 2 atom stereocenters. The number of ether oxygens (including phenoxy) is 2. The zero-order valence-corrected chi connectivity index (χ0v) is 34.8. The van der Waals surface area contributed by atoms with Crippen LogP contribution >= 0.6 is 7.82 Å². The zero-order valence-electron chi connectivity index (χ0n) is 33.9. The first kappa shape index (κ1) is 50.7. The van der Waals surface area contributed by atoms with Crippen molar-refractivity contribution in [3.8, 4) is 0 Å². The van der Waals surface area contributed by atoms with Gasteiger partial charge in [-0.1, -0.05) is 126 Å². The number of allylic oxidation sites excluding steroid dienone is 10. The summed E-state index contributed by atoms with van der Waals surface area (Å²) in [5, 5.41) is 0. The number of nitrogens with zero attached hydrogens (tertiary/aromatic N) is 1. The van der Waals surface area contributed by atoms with Crippen molar-refractivity contribution in [3.63, 3.8) is 0 Å². The van der Waals surface area contributed by atoms with Crippen LogP contribution in [-0.4, -0.2) is 68.3 Å². The highest BCUT2D eigenvalue weighted by molar-refractivity contribution is 7.47. The molecule has 0 aliphatic rings. The molecule has 0 amide bonds. The molecule has 0 heterocycles. The molecule has 1 N–H and O–H groups in total. The molecule has 0 saturated heterocycles. The van der Waals surface area contributed by atoms with Gasteiger partial charge >= 0.3 is 19.8 Å². The van der Waals surface area contributed by atoms with E-state index in [1.807, 2.05) is 19.0 Å². The average Bonchev–Trinajstić information content (AvgIpc) is 3.12. The van der Waals surface area contributed by atoms with E-state index in [-0.39, 0.29) is 32.0 Å². The third-order valence-electron chi connectivity index (χ3n) is 8.31. The highest BCUT2D eigenvalue weighted by Crippen LogP contribution is 2.43. The third-order valence-corrected chi connectivity index (χ3v) is 9.29. The van der Waals surface area contributed by atoms with Crippen molar-refractivity contribution in [1.82, 2.24) is 4.90 Å². The number of likely N-dealkylation sites (N-methyl/N-ethyl adjacent to an activating group) is 1. The van der Waals surface area contributed by atoms with Crippen LogP contribution in [0.25, 0.3) is 0 Å². The zero-order chi connectivity index (χ0) is 39.1. The second-order valence-corrected chi connectivity index (χ2v) is 15.2. The van der Waals surface area contributed by atoms with Gasteiger partial charge in [-0.2, -0.15) is 0 Å². The van der Waals surface area contributed by atoms with E-state index < -0.39 is 26.5 Å². The van der Waals surface area contributed by atoms with Crippen LogP contribution in [-0.2, 0) is 32.7 Å². The quantitative estimate of drug-likeness (QED) is 0.0286. The summed E-state index contributed by atoms with van der Waals surface area (Å²) in [4.78, 5) is 36.9. The maximum Gasteiger partial charge on any atom is 0.472 e. The largest absolute Gasteiger partial charge is 0.472 e. The molecule has 0 aromatic heterocycles. The second kappa shape index (κ2) is 38.0. The van der Waals surface area contributed by atoms with Crippen LogP contribution < -0.4 is 0 Å². The Kier molecular flexibility index (Phi) is 36.4. The van der Waals surface area contributed by atoms with Gasteiger partial charge in [0.2, 0.25) is 0 Å². The minimum Gasteiger partial charge on any atom is -0.462 e. The fourth-order valence-corrected chi connectivity index (χ4v) is 5.88. The van der Waals surface area contributed by atoms with Gasteiger partial charge in [-0.3, -0.25) is 18.6 Å². The molecule has 0 fully saturated rings. The summed E-state index contributed by atoms with van der Waals surface area (Å²) in [6.45, 7) is 4.12. The number of carbonyl (C=O) groups is 2. The van der Waals surface area contributed by atoms with E-state index in [4.69, 9.17) is 18.5 Å². The summed E-state index contributed by atoms with van der Waals surface area (Å²) in [5.41, 5.74) is 0. The van der Waals surface area contributed by atoms with Gasteiger partial charge in [0, 0.05) is 19.4 Å². The molecule has 0 aliphatic carbocycles. The van der Waals surface area contributed by atoms with E-state index in [1.165, 1.54) is 51.4 Å². The predicted octanol–water partition coefficient (Wildman–Crippen LogP) is 11.5. The number of carbonyl (C=O) groups excluding carboxylic acids is 2. The van der Waals surface area contributed by atoms with E-state index in [1.54, 1.807) is 0 Å². The maximum absolute atomic E-state index is 12.6. The van der Waals surface area contributed by atoms with Gasteiger partial charge in [-0.15, -0.1) is 0 Å². The molecule has 0 aliphatic heterocycles. The Hall–Kier alpha value is -2.29. The van der Waals surface area contributed by atoms with E-state index in [0.29, 0.717) is 13.0 Å². The number of hydrogen-bond donors (Lipinski definition) is 1. The molecule has 0 bridgehead atoms. The molecule has 0 radical (unpaired) electrons. The van der Waals surface area contributed by atoms with Gasteiger partial charge in [-0.25, -0.2) is 4.57 Å². The van der Waals surface area contributed by atoms with Gasteiger partial charge < -0.3 is 19.3 Å². The Morgan fingerprint density at radius 1 is 0.604 bits per heavy atom. The lowest BCUT2D eigenvalue weighted by molar-refractivity contribution is -0.161. The minimum atomic E-state index is -4.37. The minimum absolute atomic E-state index is 0.00388. The maximum atomic E-state index is 12.6. The Morgan fingerprint density at radius 2 is 1.08 bits per heavy atom. The third kappa shape index (κ3) is 39.2. The molecule has 53 heavy (non-hydrogen) atoms. The van der Waals surface area contributed by atoms with E-state index in [9.17, 15) is 19.0 Å². The number of phosphoric ester groups is 1. The van der Waals surface area contributed by atoms with Gasteiger partial charge in [-0.05, 0) is 91.1 Å². The number of rotatable bonds is 37. The lowest BCUT2D eigenvalue weighted by atomic mass is 10.1. The van der Waals surface area contributed by atoms with Crippen LogP contribution in [0.5, 0.6) is 0 Å². The fourth-order valence-electron chi connectivity index (χ4n) is 5.14. The van der Waals surface area contributed by atoms with Crippen LogP contribution in [0.3, 0.4) is 0 Å². The normalized spacial score (nSPS) is 14.1. The van der Waals surface area contributed by atoms with Crippen LogP contribution in [0.4, 0.5) is 0 Å². The van der Waals surface area contributed by atoms with Crippen molar-refractivity contribution in [3.05, 3.63) is 60.8 Å². The van der Waals surface area contributed by atoms with Crippen molar-refractivity contribution in [2.24, 2.45) is 0 Å². The predicted molar refractivity (Wildman–Crippen MR) is 220 cm³/mol. The first-order valence-electron chi connectivity index (χ1n) is 20.6. The average molecular weight is 766 g/mol. The van der Waals surface area contributed by atoms with E-state index in [0.717, 1.165) is 70.6 Å². The topological polar surface area (TPSA) is 112 Å². The molecule has 10 heteroatoms. The van der Waals surface area contributed by atoms with Crippen molar-refractivity contribution in [1.29, 1.82) is 0 Å². The smallest absolute Gasteiger partial charge is 0.462 e. The number of esters is 2. The van der Waals surface area contributed by atoms with Crippen molar-refractivity contribution >= 4 is 19.8 Å². The summed E-state index contributed by atoms with van der Waals surface area (Å²) < 4.78 is 33.4. The molecule has 0 aromatic carbocycles. The number of phosphoric acid groups is 1. The van der Waals surface area contributed by atoms with Gasteiger partial charge in [0.25, 0.3) is 0 Å². The SMILES string of the molecule is CC/C=C\C/C=C\C/C=C\C/C=C\CCCCC(=O)OC(COC(=O)CCCCCCCCC/C=C\CCCCCC)COP(=O)(O)OCCN(C)C. The summed E-state index contributed by atoms with van der Waals surface area (Å²) >= 11 is 0. The summed E-state index contributed by atoms with van der Waals surface area (Å²) in [6, 6.07) is 0. The standard InChI is InChI=1S/C43H76NO8P/c1-5-7-9-11-13-15-17-19-21-23-25-27-29-31-33-35-42(45)49-39-41(40-51-53(47,48)50-38-37-44(3)4)52-43(46)36-34-32-30-28-26-24-22-20-18-16-14-12-10-8-6-2/h8,10,14-17,20,22,26,28,41H,5-7,9,11-13,18-19,21,23-25,27,29-40H2,1-4H3,(H,47,48)/b10-8-,16-14-,17-15-,22-20-,28-26-. The molecule has 9 nitrogen and oxygen atoms in total. The van der Waals surface area contributed by atoms with Gasteiger partial charge in [0.1, 0.15) is 6.61 Å². The monoisotopic (exact) mass is 766 g/mol. The second-order valence-electron chi connectivity index (χ2n) is 13.8. The van der Waals surface area contributed by atoms with Crippen LogP contribution in [0.1, 0.15) is 155 Å². The Labute approximate surface area is 323 Å². The highest BCUT2D eigenvalue weighted by atomic mass is 31.2. The lowest BCUT2D eigenvalue weighted by Crippen LogP contribution is -2.29. The number of unbranched alkanes of at least 4 members (excludes halogenated alkanes) is 13. The first-order valence-corrected chi connectivity index (χ1v) is 22.1. The molecular formula is C43H76NO8P. The van der Waals surface area contributed by atoms with Gasteiger partial charge in [0.05, 0.1) is 13.2 Å². The summed E-state index contributed by atoms with van der Waals surface area (Å²) in [6.07, 6.45) is 42.7. The summed E-state index contributed by atoms with van der Waals surface area (Å²) in [7, 11) is -0.741. The molecule has 0 saturated carbocycles. The summed E-state index contributed by atoms with van der Waals surface area (Å²) in [5.74, 6) is -0.862. The van der Waals surface area contributed by atoms with Crippen molar-refractivity contribution in [2.45, 2.75) is 161 Å². The Balaban J connectivity index is 4.41. The molecule has 0 spiro atoms. The first-order chi connectivity index (χ1) is 25.7. The Morgan fingerprint density at radius 3 is 1.66 bits per heavy atom. The van der Waals surface area contributed by atoms with Crippen LogP contribution in [0.2, 0.25) is 0 Å². The Bertz CT molecular complexity index is 1070. The molecule has 306 valence electrons. The lowest BCUT2D eigenvalue weighted by Gasteiger charge is -2.20. The molecular weight excluding hydrogens is 689 g/mol. The molecule has 0 aromatic rings. The fraction of sp³-hybridized carbons (Fsp3) is 0.721. The van der Waals surface area contributed by atoms with Crippen LogP contribution in [0.15, 0.2) is 60.8 Å². The molecule has 0 rings (SSSR count). The van der Waals surface area contributed by atoms with Crippen molar-refractivity contribution in [2.75, 3.05) is 40.5 Å². The van der Waals surface area contributed by atoms with E-state index in [2.05, 4.69) is 74.6 Å². The molecule has 2 unspecified atom stereocenters. The van der Waals surface area contributed by atoms with Gasteiger partial charge in [0.15, 0.2) is 6.10 Å². The highest BCUT2D eigenvalue weighted by Gasteiger charge is 2.26. The van der Waals surface area contributed by atoms with Crippen LogP contribution in [0, 0.1) is 0 Å². The van der Waals surface area contributed by atoms with Crippen molar-refractivity contribution < 1.29 is 37.6 Å².